The molecule has 1 aromatic rings. The number of nitrogens with zero attached hydrogens (tertiary/aromatic N) is 1. The van der Waals surface area contributed by atoms with E-state index in [4.69, 9.17) is 14.2 Å². The molecular formula is C20H33FIN3O3. The van der Waals surface area contributed by atoms with Gasteiger partial charge in [-0.1, -0.05) is 6.07 Å². The first kappa shape index (κ1) is 24.9. The van der Waals surface area contributed by atoms with Gasteiger partial charge in [0.05, 0.1) is 25.9 Å². The van der Waals surface area contributed by atoms with Gasteiger partial charge in [-0.25, -0.2) is 4.39 Å². The van der Waals surface area contributed by atoms with E-state index in [2.05, 4.69) is 15.6 Å². The van der Waals surface area contributed by atoms with Crippen LogP contribution in [0.1, 0.15) is 37.8 Å². The molecule has 1 aliphatic carbocycles. The molecule has 0 aliphatic heterocycles. The summed E-state index contributed by atoms with van der Waals surface area (Å²) in [5.74, 6) is 1.28. The zero-order valence-corrected chi connectivity index (χ0v) is 19.3. The summed E-state index contributed by atoms with van der Waals surface area (Å²) in [7, 11) is 3.37. The van der Waals surface area contributed by atoms with Crippen molar-refractivity contribution in [3.8, 4) is 5.75 Å². The van der Waals surface area contributed by atoms with E-state index in [0.717, 1.165) is 18.5 Å². The van der Waals surface area contributed by atoms with Crippen molar-refractivity contribution in [3.05, 3.63) is 29.6 Å². The van der Waals surface area contributed by atoms with Crippen LogP contribution in [0.25, 0.3) is 0 Å². The number of methoxy groups -OCH3 is 1. The summed E-state index contributed by atoms with van der Waals surface area (Å²) in [5, 5.41) is 6.51. The highest BCUT2D eigenvalue weighted by molar-refractivity contribution is 14.0. The van der Waals surface area contributed by atoms with Crippen LogP contribution >= 0.6 is 24.0 Å². The van der Waals surface area contributed by atoms with Crippen molar-refractivity contribution in [2.45, 2.75) is 32.2 Å². The number of rotatable bonds is 12. The van der Waals surface area contributed by atoms with Gasteiger partial charge in [-0.2, -0.15) is 0 Å². The summed E-state index contributed by atoms with van der Waals surface area (Å²) in [6.45, 7) is 5.19. The quantitative estimate of drug-likeness (QED) is 0.196. The third-order valence-corrected chi connectivity index (χ3v) is 4.39. The molecule has 160 valence electrons. The molecule has 0 amide bonds. The average Bonchev–Trinajstić information content (AvgIpc) is 3.49. The van der Waals surface area contributed by atoms with Crippen LogP contribution in [0.2, 0.25) is 0 Å². The third kappa shape index (κ3) is 9.38. The molecule has 1 aromatic carbocycles. The molecule has 2 rings (SSSR count). The zero-order chi connectivity index (χ0) is 19.5. The second-order valence-corrected chi connectivity index (χ2v) is 6.77. The molecule has 0 saturated heterocycles. The minimum absolute atomic E-state index is 0. The van der Waals surface area contributed by atoms with Gasteiger partial charge >= 0.3 is 0 Å². The molecule has 1 saturated carbocycles. The van der Waals surface area contributed by atoms with Gasteiger partial charge in [0.25, 0.3) is 0 Å². The lowest BCUT2D eigenvalue weighted by molar-refractivity contribution is 0.0698. The van der Waals surface area contributed by atoms with Crippen molar-refractivity contribution in [1.29, 1.82) is 0 Å². The fraction of sp³-hybridized carbons (Fsp3) is 0.650. The Bertz CT molecular complexity index is 600. The molecule has 6 nitrogen and oxygen atoms in total. The third-order valence-electron chi connectivity index (χ3n) is 4.39. The predicted octanol–water partition coefficient (Wildman–Crippen LogP) is 3.51. The lowest BCUT2D eigenvalue weighted by atomic mass is 10.1. The second-order valence-electron chi connectivity index (χ2n) is 6.77. The Morgan fingerprint density at radius 3 is 2.71 bits per heavy atom. The van der Waals surface area contributed by atoms with Gasteiger partial charge in [0, 0.05) is 27.3 Å². The number of ether oxygens (including phenoxy) is 3. The van der Waals surface area contributed by atoms with Crippen LogP contribution in [-0.4, -0.2) is 53.1 Å². The van der Waals surface area contributed by atoms with E-state index in [0.29, 0.717) is 44.1 Å². The fourth-order valence-electron chi connectivity index (χ4n) is 2.50. The van der Waals surface area contributed by atoms with E-state index >= 15 is 0 Å². The molecular weight excluding hydrogens is 476 g/mol. The number of halogens is 2. The lowest BCUT2D eigenvalue weighted by Crippen LogP contribution is -2.39. The topological polar surface area (TPSA) is 64.1 Å². The summed E-state index contributed by atoms with van der Waals surface area (Å²) in [5.41, 5.74) is 0.845. The molecule has 1 fully saturated rings. The highest BCUT2D eigenvalue weighted by Gasteiger charge is 2.22. The minimum atomic E-state index is -0.321. The highest BCUT2D eigenvalue weighted by Crippen LogP contribution is 2.30. The van der Waals surface area contributed by atoms with E-state index in [1.54, 1.807) is 20.2 Å². The van der Waals surface area contributed by atoms with Crippen LogP contribution in [-0.2, 0) is 9.47 Å². The van der Waals surface area contributed by atoms with Gasteiger partial charge in [0.1, 0.15) is 0 Å². The van der Waals surface area contributed by atoms with Crippen molar-refractivity contribution in [3.63, 3.8) is 0 Å². The lowest BCUT2D eigenvalue weighted by Gasteiger charge is -2.19. The van der Waals surface area contributed by atoms with E-state index < -0.39 is 0 Å². The smallest absolute Gasteiger partial charge is 0.191 e. The molecule has 1 unspecified atom stereocenters. The molecule has 0 aromatic heterocycles. The van der Waals surface area contributed by atoms with E-state index in [-0.39, 0.29) is 35.8 Å². The van der Waals surface area contributed by atoms with Gasteiger partial charge in [-0.15, -0.1) is 24.0 Å². The van der Waals surface area contributed by atoms with Crippen molar-refractivity contribution in [1.82, 2.24) is 10.6 Å². The minimum Gasteiger partial charge on any atom is -0.490 e. The maximum Gasteiger partial charge on any atom is 0.191 e. The summed E-state index contributed by atoms with van der Waals surface area (Å²) in [4.78, 5) is 4.21. The summed E-state index contributed by atoms with van der Waals surface area (Å²) < 4.78 is 30.2. The molecule has 0 radical (unpaired) electrons. The van der Waals surface area contributed by atoms with Crippen molar-refractivity contribution < 1.29 is 18.6 Å². The van der Waals surface area contributed by atoms with Gasteiger partial charge < -0.3 is 24.8 Å². The monoisotopic (exact) mass is 509 g/mol. The normalized spacial score (nSPS) is 14.9. The van der Waals surface area contributed by atoms with E-state index in [1.165, 1.54) is 18.9 Å². The SMILES string of the molecule is CN=C(NCCCOCCOC)NC(C)c1ccc(OCC2CC2)c(F)c1.I. The molecule has 1 atom stereocenters. The second kappa shape index (κ2) is 13.9. The highest BCUT2D eigenvalue weighted by atomic mass is 127. The first-order valence-electron chi connectivity index (χ1n) is 9.60. The molecule has 8 heteroatoms. The standard InChI is InChI=1S/C20H32FN3O3.HI/c1-15(24-20(22-2)23-9-4-10-26-12-11-25-3)17-7-8-19(18(21)13-17)27-14-16-5-6-16;/h7-8,13,15-16H,4-6,9-12,14H2,1-3H3,(H2,22,23,24);1H. The van der Waals surface area contributed by atoms with Crippen LogP contribution in [0.5, 0.6) is 5.75 Å². The van der Waals surface area contributed by atoms with Crippen LogP contribution in [0.4, 0.5) is 4.39 Å². The van der Waals surface area contributed by atoms with Crippen molar-refractivity contribution >= 4 is 29.9 Å². The van der Waals surface area contributed by atoms with Crippen molar-refractivity contribution in [2.24, 2.45) is 10.9 Å². The Hall–Kier alpha value is -1.13. The first-order chi connectivity index (χ1) is 13.1. The molecule has 0 spiro atoms. The number of nitrogens with one attached hydrogen (secondary N) is 2. The average molecular weight is 509 g/mol. The van der Waals surface area contributed by atoms with Crippen molar-refractivity contribution in [2.75, 3.05) is 47.1 Å². The number of benzene rings is 1. The fourth-order valence-corrected chi connectivity index (χ4v) is 2.50. The number of aliphatic imine (C=N–C) groups is 1. The Morgan fingerprint density at radius 2 is 2.07 bits per heavy atom. The van der Waals surface area contributed by atoms with Crippen LogP contribution in [0, 0.1) is 11.7 Å². The van der Waals surface area contributed by atoms with Crippen LogP contribution in [0.3, 0.4) is 0 Å². The zero-order valence-electron chi connectivity index (χ0n) is 17.0. The largest absolute Gasteiger partial charge is 0.490 e. The number of hydrogen-bond donors (Lipinski definition) is 2. The molecule has 28 heavy (non-hydrogen) atoms. The van der Waals surface area contributed by atoms with Crippen LogP contribution < -0.4 is 15.4 Å². The molecule has 0 heterocycles. The molecule has 2 N–H and O–H groups in total. The van der Waals surface area contributed by atoms with Gasteiger partial charge in [0.2, 0.25) is 0 Å². The summed E-state index contributed by atoms with van der Waals surface area (Å²) >= 11 is 0. The van der Waals surface area contributed by atoms with Gasteiger partial charge in [-0.05, 0) is 49.8 Å². The summed E-state index contributed by atoms with van der Waals surface area (Å²) in [6.07, 6.45) is 3.23. The summed E-state index contributed by atoms with van der Waals surface area (Å²) in [6, 6.07) is 5.04. The molecule has 0 bridgehead atoms. The van der Waals surface area contributed by atoms with E-state index in [1.807, 2.05) is 13.0 Å². The number of hydrogen-bond acceptors (Lipinski definition) is 4. The first-order valence-corrected chi connectivity index (χ1v) is 9.60. The maximum absolute atomic E-state index is 14.3. The Morgan fingerprint density at radius 1 is 1.29 bits per heavy atom. The van der Waals surface area contributed by atoms with Gasteiger partial charge in [-0.3, -0.25) is 4.99 Å². The Balaban J connectivity index is 0.00000392. The molecule has 1 aliphatic rings. The number of guanidine groups is 1. The maximum atomic E-state index is 14.3. The Labute approximate surface area is 184 Å². The predicted molar refractivity (Wildman–Crippen MR) is 120 cm³/mol. The van der Waals surface area contributed by atoms with Gasteiger partial charge in [0.15, 0.2) is 17.5 Å². The van der Waals surface area contributed by atoms with Crippen LogP contribution in [0.15, 0.2) is 23.2 Å². The van der Waals surface area contributed by atoms with E-state index in [9.17, 15) is 4.39 Å². The Kier molecular flexibility index (Phi) is 12.4.